The number of ether oxygens (including phenoxy) is 1. The number of nitrogens with one attached hydrogen (secondary N) is 1. The van der Waals surface area contributed by atoms with Gasteiger partial charge in [-0.1, -0.05) is 12.1 Å². The summed E-state index contributed by atoms with van der Waals surface area (Å²) in [6, 6.07) is 9.09. The van der Waals surface area contributed by atoms with Crippen LogP contribution < -0.4 is 10.1 Å². The largest absolute Gasteiger partial charge is 0.482 e. The van der Waals surface area contributed by atoms with Crippen molar-refractivity contribution in [1.29, 1.82) is 0 Å². The molecule has 1 aliphatic heterocycles. The van der Waals surface area contributed by atoms with Crippen molar-refractivity contribution >= 4 is 17.4 Å². The van der Waals surface area contributed by atoms with Crippen molar-refractivity contribution in [3.63, 3.8) is 0 Å². The van der Waals surface area contributed by atoms with Gasteiger partial charge in [0.1, 0.15) is 5.75 Å². The van der Waals surface area contributed by atoms with E-state index in [1.54, 1.807) is 12.1 Å². The van der Waals surface area contributed by atoms with Gasteiger partial charge < -0.3 is 10.1 Å². The zero-order valence-electron chi connectivity index (χ0n) is 12.3. The third-order valence-electron chi connectivity index (χ3n) is 3.58. The first kappa shape index (κ1) is 16.0. The predicted octanol–water partition coefficient (Wildman–Crippen LogP) is 3.46. The second kappa shape index (κ2) is 5.99. The molecular weight excluding hydrogens is 323 g/mol. The first-order valence-corrected chi connectivity index (χ1v) is 7.09. The van der Waals surface area contributed by atoms with Crippen LogP contribution in [0.2, 0.25) is 0 Å². The number of Topliss-reactive ketones (excluding diaryl/α,β-unsaturated/α-hetero) is 1. The van der Waals surface area contributed by atoms with Crippen LogP contribution in [0.15, 0.2) is 42.5 Å². The van der Waals surface area contributed by atoms with Gasteiger partial charge >= 0.3 is 6.18 Å². The van der Waals surface area contributed by atoms with Gasteiger partial charge in [-0.3, -0.25) is 9.59 Å². The zero-order chi connectivity index (χ0) is 17.3. The molecule has 0 unspecified atom stereocenters. The highest BCUT2D eigenvalue weighted by atomic mass is 19.4. The highest BCUT2D eigenvalue weighted by molar-refractivity contribution is 6.01. The summed E-state index contributed by atoms with van der Waals surface area (Å²) in [5, 5.41) is 2.60. The van der Waals surface area contributed by atoms with E-state index in [-0.39, 0.29) is 24.7 Å². The Morgan fingerprint density at radius 3 is 2.50 bits per heavy atom. The molecule has 0 bridgehead atoms. The molecule has 2 aromatic carbocycles. The number of ketones is 1. The molecule has 1 N–H and O–H groups in total. The molecule has 4 nitrogen and oxygen atoms in total. The minimum absolute atomic E-state index is 0.0360. The molecule has 0 aromatic heterocycles. The summed E-state index contributed by atoms with van der Waals surface area (Å²) < 4.78 is 42.8. The lowest BCUT2D eigenvalue weighted by molar-refractivity contribution is -0.137. The minimum Gasteiger partial charge on any atom is -0.482 e. The molecule has 1 heterocycles. The molecule has 3 rings (SSSR count). The maximum Gasteiger partial charge on any atom is 0.416 e. The van der Waals surface area contributed by atoms with Crippen LogP contribution in [0.3, 0.4) is 0 Å². The van der Waals surface area contributed by atoms with Gasteiger partial charge in [0.15, 0.2) is 12.4 Å². The van der Waals surface area contributed by atoms with Crippen molar-refractivity contribution < 1.29 is 27.5 Å². The minimum atomic E-state index is -4.40. The smallest absolute Gasteiger partial charge is 0.416 e. The van der Waals surface area contributed by atoms with E-state index in [4.69, 9.17) is 4.74 Å². The van der Waals surface area contributed by atoms with Gasteiger partial charge in [-0.05, 0) is 35.9 Å². The van der Waals surface area contributed by atoms with Crippen molar-refractivity contribution in [2.45, 2.75) is 12.6 Å². The summed E-state index contributed by atoms with van der Waals surface area (Å²) >= 11 is 0. The maximum absolute atomic E-state index is 12.5. The van der Waals surface area contributed by atoms with Crippen LogP contribution >= 0.6 is 0 Å². The number of hydrogen-bond donors (Lipinski definition) is 1. The Morgan fingerprint density at radius 1 is 1.12 bits per heavy atom. The average Bonchev–Trinajstić information content (AvgIpc) is 2.53. The number of carbonyl (C=O) groups is 2. The fourth-order valence-electron chi connectivity index (χ4n) is 2.36. The monoisotopic (exact) mass is 335 g/mol. The Kier molecular flexibility index (Phi) is 4.01. The third-order valence-corrected chi connectivity index (χ3v) is 3.58. The quantitative estimate of drug-likeness (QED) is 0.874. The Bertz CT molecular complexity index is 798. The molecule has 124 valence electrons. The van der Waals surface area contributed by atoms with Crippen molar-refractivity contribution in [1.82, 2.24) is 0 Å². The van der Waals surface area contributed by atoms with Crippen molar-refractivity contribution in [2.75, 3.05) is 11.9 Å². The second-order valence-electron chi connectivity index (χ2n) is 5.34. The number of benzene rings is 2. The van der Waals surface area contributed by atoms with Crippen LogP contribution in [0.1, 0.15) is 21.5 Å². The van der Waals surface area contributed by atoms with Gasteiger partial charge in [0.2, 0.25) is 0 Å². The van der Waals surface area contributed by atoms with E-state index < -0.39 is 11.7 Å². The Hall–Kier alpha value is -2.83. The Balaban J connectivity index is 1.75. The fourth-order valence-corrected chi connectivity index (χ4v) is 2.36. The number of rotatable bonds is 3. The normalized spacial score (nSPS) is 13.7. The van der Waals surface area contributed by atoms with E-state index in [1.807, 2.05) is 0 Å². The highest BCUT2D eigenvalue weighted by Crippen LogP contribution is 2.30. The number of halogens is 3. The summed E-state index contributed by atoms with van der Waals surface area (Å²) in [4.78, 5) is 23.6. The first-order chi connectivity index (χ1) is 11.3. The van der Waals surface area contributed by atoms with E-state index in [2.05, 4.69) is 5.32 Å². The SMILES string of the molecule is O=C1COc2ccc(C(=O)Cc3ccc(C(F)(F)F)cc3)cc2N1. The topological polar surface area (TPSA) is 55.4 Å². The van der Waals surface area contributed by atoms with Crippen LogP contribution in [-0.4, -0.2) is 18.3 Å². The van der Waals surface area contributed by atoms with Gasteiger partial charge in [-0.15, -0.1) is 0 Å². The molecule has 0 aliphatic carbocycles. The van der Waals surface area contributed by atoms with E-state index in [0.717, 1.165) is 12.1 Å². The number of amides is 1. The second-order valence-corrected chi connectivity index (χ2v) is 5.34. The number of carbonyl (C=O) groups excluding carboxylic acids is 2. The zero-order valence-corrected chi connectivity index (χ0v) is 12.3. The molecule has 0 atom stereocenters. The van der Waals surface area contributed by atoms with Gasteiger partial charge in [-0.25, -0.2) is 0 Å². The molecule has 24 heavy (non-hydrogen) atoms. The lowest BCUT2D eigenvalue weighted by Crippen LogP contribution is -2.25. The standard InChI is InChI=1S/C17H12F3NO3/c18-17(19,20)12-4-1-10(2-5-12)7-14(22)11-3-6-15-13(8-11)21-16(23)9-24-15/h1-6,8H,7,9H2,(H,21,23). The number of anilines is 1. The molecule has 0 saturated carbocycles. The lowest BCUT2D eigenvalue weighted by Gasteiger charge is -2.18. The highest BCUT2D eigenvalue weighted by Gasteiger charge is 2.30. The lowest BCUT2D eigenvalue weighted by atomic mass is 10.0. The van der Waals surface area contributed by atoms with Crippen molar-refractivity contribution in [3.8, 4) is 5.75 Å². The summed E-state index contributed by atoms with van der Waals surface area (Å²) in [5.74, 6) is -0.104. The predicted molar refractivity (Wildman–Crippen MR) is 80.0 cm³/mol. The third kappa shape index (κ3) is 3.40. The van der Waals surface area contributed by atoms with Gasteiger partial charge in [-0.2, -0.15) is 13.2 Å². The number of hydrogen-bond acceptors (Lipinski definition) is 3. The first-order valence-electron chi connectivity index (χ1n) is 7.09. The van der Waals surface area contributed by atoms with Crippen LogP contribution in [-0.2, 0) is 17.4 Å². The van der Waals surface area contributed by atoms with Crippen LogP contribution in [0.5, 0.6) is 5.75 Å². The molecule has 1 amide bonds. The molecule has 0 fully saturated rings. The molecule has 1 aliphatic rings. The molecule has 7 heteroatoms. The molecule has 0 spiro atoms. The Labute approximate surface area is 135 Å². The Morgan fingerprint density at radius 2 is 1.83 bits per heavy atom. The van der Waals surface area contributed by atoms with E-state index in [1.165, 1.54) is 18.2 Å². The van der Waals surface area contributed by atoms with E-state index in [0.29, 0.717) is 22.6 Å². The maximum atomic E-state index is 12.5. The van der Waals surface area contributed by atoms with Gasteiger partial charge in [0.25, 0.3) is 5.91 Å². The average molecular weight is 335 g/mol. The number of fused-ring (bicyclic) bond motifs is 1. The van der Waals surface area contributed by atoms with Crippen LogP contribution in [0.4, 0.5) is 18.9 Å². The molecule has 0 saturated heterocycles. The summed E-state index contributed by atoms with van der Waals surface area (Å²) in [6.45, 7) is -0.0775. The van der Waals surface area contributed by atoms with E-state index in [9.17, 15) is 22.8 Å². The van der Waals surface area contributed by atoms with Crippen molar-refractivity contribution in [2.24, 2.45) is 0 Å². The molecular formula is C17H12F3NO3. The summed E-state index contributed by atoms with van der Waals surface area (Å²) in [5.41, 5.74) is 0.474. The van der Waals surface area contributed by atoms with Crippen molar-refractivity contribution in [3.05, 3.63) is 59.2 Å². The fraction of sp³-hybridized carbons (Fsp3) is 0.176. The number of alkyl halides is 3. The van der Waals surface area contributed by atoms with E-state index >= 15 is 0 Å². The van der Waals surface area contributed by atoms with Gasteiger partial charge in [0.05, 0.1) is 11.3 Å². The summed E-state index contributed by atoms with van der Waals surface area (Å²) in [7, 11) is 0. The van der Waals surface area contributed by atoms with Crippen LogP contribution in [0, 0.1) is 0 Å². The molecule has 2 aromatic rings. The van der Waals surface area contributed by atoms with Crippen LogP contribution in [0.25, 0.3) is 0 Å². The summed E-state index contributed by atoms with van der Waals surface area (Å²) in [6.07, 6.45) is -4.44. The van der Waals surface area contributed by atoms with Gasteiger partial charge in [0, 0.05) is 12.0 Å². The molecule has 0 radical (unpaired) electrons.